The van der Waals surface area contributed by atoms with Gasteiger partial charge in [0.2, 0.25) is 0 Å². The molecule has 0 saturated carbocycles. The van der Waals surface area contributed by atoms with Crippen LogP contribution in [0.4, 0.5) is 5.69 Å². The van der Waals surface area contributed by atoms with E-state index in [0.29, 0.717) is 16.5 Å². The molecule has 2 rings (SSSR count). The molecule has 0 aliphatic rings. The predicted molar refractivity (Wildman–Crippen MR) is 60.3 cm³/mol. The molecule has 3 N–H and O–H groups in total. The number of benzene rings is 1. The summed E-state index contributed by atoms with van der Waals surface area (Å²) in [6, 6.07) is 11.3. The molecule has 0 amide bonds. The number of nitrogens with one attached hydrogen (secondary N) is 1. The van der Waals surface area contributed by atoms with Crippen LogP contribution in [-0.4, -0.2) is 10.2 Å². The van der Waals surface area contributed by atoms with Crippen molar-refractivity contribution in [3.05, 3.63) is 41.6 Å². The van der Waals surface area contributed by atoms with Crippen LogP contribution in [0.2, 0.25) is 5.15 Å². The summed E-state index contributed by atoms with van der Waals surface area (Å²) in [5, 5.41) is 8.09. The van der Waals surface area contributed by atoms with Gasteiger partial charge in [-0.15, -0.1) is 10.2 Å². The topological polar surface area (TPSA) is 63.8 Å². The lowest BCUT2D eigenvalue weighted by molar-refractivity contribution is 1.03. The predicted octanol–water partition coefficient (Wildman–Crippen LogP) is 2.08. The number of hydrogen-bond acceptors (Lipinski definition) is 4. The summed E-state index contributed by atoms with van der Waals surface area (Å²) in [5.74, 6) is 5.38. The van der Waals surface area contributed by atoms with E-state index in [2.05, 4.69) is 15.6 Å². The smallest absolute Gasteiger partial charge is 0.153 e. The summed E-state index contributed by atoms with van der Waals surface area (Å²) in [6.45, 7) is 0. The van der Waals surface area contributed by atoms with Crippen LogP contribution in [0.1, 0.15) is 0 Å². The molecular weight excluding hydrogens is 212 g/mol. The van der Waals surface area contributed by atoms with Gasteiger partial charge in [0, 0.05) is 11.6 Å². The molecule has 2 aromatic rings. The first-order chi connectivity index (χ1) is 7.31. The number of hydrogen-bond donors (Lipinski definition) is 2. The molecule has 0 radical (unpaired) electrons. The van der Waals surface area contributed by atoms with Crippen LogP contribution in [0.3, 0.4) is 0 Å². The van der Waals surface area contributed by atoms with Crippen LogP contribution in [0.5, 0.6) is 0 Å². The Morgan fingerprint density at radius 3 is 2.53 bits per heavy atom. The van der Waals surface area contributed by atoms with Gasteiger partial charge in [-0.3, -0.25) is 5.84 Å². The second-order valence-electron chi connectivity index (χ2n) is 2.94. The lowest BCUT2D eigenvalue weighted by Gasteiger charge is -2.06. The average molecular weight is 221 g/mol. The molecule has 1 heterocycles. The van der Waals surface area contributed by atoms with Crippen LogP contribution in [0, 0.1) is 0 Å². The Balaban J connectivity index is 2.53. The zero-order valence-electron chi connectivity index (χ0n) is 7.81. The van der Waals surface area contributed by atoms with Gasteiger partial charge >= 0.3 is 0 Å². The van der Waals surface area contributed by atoms with Gasteiger partial charge in [-0.1, -0.05) is 41.9 Å². The number of halogens is 1. The quantitative estimate of drug-likeness (QED) is 0.601. The SMILES string of the molecule is NNc1cc(Cl)nnc1-c1ccccc1. The van der Waals surface area contributed by atoms with E-state index in [1.165, 1.54) is 0 Å². The Morgan fingerprint density at radius 1 is 1.13 bits per heavy atom. The maximum Gasteiger partial charge on any atom is 0.153 e. The third-order valence-electron chi connectivity index (χ3n) is 1.97. The molecule has 76 valence electrons. The van der Waals surface area contributed by atoms with Gasteiger partial charge in [0.1, 0.15) is 5.69 Å². The third-order valence-corrected chi connectivity index (χ3v) is 2.15. The van der Waals surface area contributed by atoms with E-state index in [0.717, 1.165) is 5.56 Å². The van der Waals surface area contributed by atoms with E-state index in [1.54, 1.807) is 6.07 Å². The summed E-state index contributed by atoms with van der Waals surface area (Å²) >= 11 is 5.71. The standard InChI is InChI=1S/C10H9ClN4/c11-9-6-8(13-12)10(15-14-9)7-4-2-1-3-5-7/h1-6H,12H2,(H,13,14). The highest BCUT2D eigenvalue weighted by atomic mass is 35.5. The molecule has 0 spiro atoms. The highest BCUT2D eigenvalue weighted by molar-refractivity contribution is 6.29. The van der Waals surface area contributed by atoms with E-state index in [9.17, 15) is 0 Å². The third kappa shape index (κ3) is 2.06. The summed E-state index contributed by atoms with van der Waals surface area (Å²) in [6.07, 6.45) is 0. The van der Waals surface area contributed by atoms with Crippen LogP contribution in [0.25, 0.3) is 11.3 Å². The molecule has 0 atom stereocenters. The van der Waals surface area contributed by atoms with Crippen molar-refractivity contribution in [2.45, 2.75) is 0 Å². The van der Waals surface area contributed by atoms with Crippen molar-refractivity contribution in [2.75, 3.05) is 5.43 Å². The van der Waals surface area contributed by atoms with Crippen molar-refractivity contribution in [2.24, 2.45) is 5.84 Å². The molecule has 15 heavy (non-hydrogen) atoms. The van der Waals surface area contributed by atoms with Gasteiger partial charge in [-0.25, -0.2) is 0 Å². The Kier molecular flexibility index (Phi) is 2.80. The summed E-state index contributed by atoms with van der Waals surface area (Å²) in [5.41, 5.74) is 4.82. The van der Waals surface area contributed by atoms with Crippen molar-refractivity contribution in [1.29, 1.82) is 0 Å². The molecule has 0 aliphatic heterocycles. The van der Waals surface area contributed by atoms with E-state index < -0.39 is 0 Å². The number of rotatable bonds is 2. The minimum atomic E-state index is 0.308. The van der Waals surface area contributed by atoms with E-state index in [1.807, 2.05) is 30.3 Å². The molecule has 0 aliphatic carbocycles. The number of aromatic nitrogens is 2. The number of nitrogens with zero attached hydrogens (tertiary/aromatic N) is 2. The molecule has 0 bridgehead atoms. The molecular formula is C10H9ClN4. The van der Waals surface area contributed by atoms with Gasteiger partial charge < -0.3 is 5.43 Å². The van der Waals surface area contributed by atoms with E-state index >= 15 is 0 Å². The van der Waals surface area contributed by atoms with Crippen molar-refractivity contribution < 1.29 is 0 Å². The van der Waals surface area contributed by atoms with Gasteiger partial charge in [0.25, 0.3) is 0 Å². The van der Waals surface area contributed by atoms with Gasteiger partial charge in [-0.2, -0.15) is 0 Å². The van der Waals surface area contributed by atoms with E-state index in [-0.39, 0.29) is 0 Å². The van der Waals surface area contributed by atoms with Crippen molar-refractivity contribution in [3.63, 3.8) is 0 Å². The molecule has 1 aromatic carbocycles. The maximum atomic E-state index is 5.71. The van der Waals surface area contributed by atoms with Crippen LogP contribution >= 0.6 is 11.6 Å². The van der Waals surface area contributed by atoms with Gasteiger partial charge in [-0.05, 0) is 0 Å². The van der Waals surface area contributed by atoms with E-state index in [4.69, 9.17) is 17.4 Å². The monoisotopic (exact) mass is 220 g/mol. The number of nitrogen functional groups attached to an aromatic ring is 1. The molecule has 4 nitrogen and oxygen atoms in total. The van der Waals surface area contributed by atoms with Gasteiger partial charge in [0.05, 0.1) is 5.69 Å². The second-order valence-corrected chi connectivity index (χ2v) is 3.33. The molecule has 0 saturated heterocycles. The Hall–Kier alpha value is -1.65. The van der Waals surface area contributed by atoms with Crippen molar-refractivity contribution >= 4 is 17.3 Å². The minimum Gasteiger partial charge on any atom is -0.322 e. The van der Waals surface area contributed by atoms with Crippen LogP contribution in [-0.2, 0) is 0 Å². The highest BCUT2D eigenvalue weighted by Crippen LogP contribution is 2.25. The largest absolute Gasteiger partial charge is 0.322 e. The second kappa shape index (κ2) is 4.25. The first-order valence-electron chi connectivity index (χ1n) is 4.36. The van der Waals surface area contributed by atoms with Crippen molar-refractivity contribution in [1.82, 2.24) is 10.2 Å². The first-order valence-corrected chi connectivity index (χ1v) is 4.74. The number of anilines is 1. The summed E-state index contributed by atoms with van der Waals surface area (Å²) in [4.78, 5) is 0. The highest BCUT2D eigenvalue weighted by Gasteiger charge is 2.06. The van der Waals surface area contributed by atoms with Gasteiger partial charge in [0.15, 0.2) is 5.15 Å². The maximum absolute atomic E-state index is 5.71. The minimum absolute atomic E-state index is 0.308. The Morgan fingerprint density at radius 2 is 1.87 bits per heavy atom. The lowest BCUT2D eigenvalue weighted by atomic mass is 10.1. The fourth-order valence-corrected chi connectivity index (χ4v) is 1.43. The zero-order valence-corrected chi connectivity index (χ0v) is 8.57. The zero-order chi connectivity index (χ0) is 10.7. The molecule has 0 fully saturated rings. The summed E-state index contributed by atoms with van der Waals surface area (Å²) in [7, 11) is 0. The lowest BCUT2D eigenvalue weighted by Crippen LogP contribution is -2.09. The average Bonchev–Trinajstić information content (AvgIpc) is 2.30. The molecule has 0 unspecified atom stereocenters. The fourth-order valence-electron chi connectivity index (χ4n) is 1.29. The van der Waals surface area contributed by atoms with Crippen LogP contribution in [0.15, 0.2) is 36.4 Å². The Bertz CT molecular complexity index is 458. The molecule has 1 aromatic heterocycles. The Labute approximate surface area is 92.1 Å². The first kappa shape index (κ1) is 9.89. The molecule has 5 heteroatoms. The normalized spacial score (nSPS) is 10.0. The number of nitrogens with two attached hydrogens (primary N) is 1. The van der Waals surface area contributed by atoms with Crippen LogP contribution < -0.4 is 11.3 Å². The fraction of sp³-hybridized carbons (Fsp3) is 0. The summed E-state index contributed by atoms with van der Waals surface area (Å²) < 4.78 is 0. The van der Waals surface area contributed by atoms with Crippen molar-refractivity contribution in [3.8, 4) is 11.3 Å². The number of hydrazine groups is 1.